The van der Waals surface area contributed by atoms with E-state index in [1.165, 1.54) is 0 Å². The molecule has 2 N–H and O–H groups in total. The van der Waals surface area contributed by atoms with Crippen molar-refractivity contribution in [3.8, 4) is 0 Å². The molecular formula is C19H27N3O3S. The molecule has 0 saturated heterocycles. The molecule has 0 spiro atoms. The van der Waals surface area contributed by atoms with Crippen LogP contribution in [0.25, 0.3) is 0 Å². The maximum atomic E-state index is 13.3. The van der Waals surface area contributed by atoms with Crippen LogP contribution in [0.1, 0.15) is 46.7 Å². The average molecular weight is 378 g/mol. The van der Waals surface area contributed by atoms with Gasteiger partial charge in [0.05, 0.1) is 23.2 Å². The fraction of sp³-hybridized carbons (Fsp3) is 0.526. The molecule has 1 aromatic heterocycles. The van der Waals surface area contributed by atoms with Crippen molar-refractivity contribution in [2.45, 2.75) is 57.6 Å². The van der Waals surface area contributed by atoms with Crippen LogP contribution in [0.15, 0.2) is 23.4 Å². The fourth-order valence-corrected chi connectivity index (χ4v) is 5.66. The minimum Gasteiger partial charge on any atom is -0.393 e. The fourth-order valence-electron chi connectivity index (χ4n) is 3.75. The van der Waals surface area contributed by atoms with E-state index >= 15 is 0 Å². The van der Waals surface area contributed by atoms with E-state index in [0.29, 0.717) is 17.7 Å². The SMILES string of the molecule is Cc1cc(C)c(C)c(S(=O)(=O)NC(c2cnn(C)c2)C2CC(O)C2)c1C. The van der Waals surface area contributed by atoms with Gasteiger partial charge in [0.25, 0.3) is 0 Å². The smallest absolute Gasteiger partial charge is 0.241 e. The van der Waals surface area contributed by atoms with Crippen molar-refractivity contribution in [1.29, 1.82) is 0 Å². The van der Waals surface area contributed by atoms with Crippen molar-refractivity contribution in [3.05, 3.63) is 46.3 Å². The zero-order valence-corrected chi connectivity index (χ0v) is 16.8. The van der Waals surface area contributed by atoms with Crippen LogP contribution in [0.2, 0.25) is 0 Å². The summed E-state index contributed by atoms with van der Waals surface area (Å²) in [5, 5.41) is 13.9. The molecule has 1 unspecified atom stereocenters. The molecule has 142 valence electrons. The summed E-state index contributed by atoms with van der Waals surface area (Å²) in [6.45, 7) is 7.56. The van der Waals surface area contributed by atoms with Crippen molar-refractivity contribution < 1.29 is 13.5 Å². The summed E-state index contributed by atoms with van der Waals surface area (Å²) in [4.78, 5) is 0.365. The van der Waals surface area contributed by atoms with Crippen LogP contribution in [0.5, 0.6) is 0 Å². The Bertz CT molecular complexity index is 901. The zero-order chi connectivity index (χ0) is 19.2. The Hall–Kier alpha value is -1.70. The second-order valence-electron chi connectivity index (χ2n) is 7.52. The molecule has 7 heteroatoms. The van der Waals surface area contributed by atoms with Crippen LogP contribution >= 0.6 is 0 Å². The number of aliphatic hydroxyl groups is 1. The van der Waals surface area contributed by atoms with Crippen LogP contribution in [-0.2, 0) is 17.1 Å². The number of aryl methyl sites for hydroxylation is 3. The Morgan fingerprint density at radius 2 is 1.77 bits per heavy atom. The summed E-state index contributed by atoms with van der Waals surface area (Å²) in [7, 11) is -1.90. The number of sulfonamides is 1. The largest absolute Gasteiger partial charge is 0.393 e. The molecule has 1 aromatic carbocycles. The summed E-state index contributed by atoms with van der Waals surface area (Å²) in [6, 6.07) is 1.63. The van der Waals surface area contributed by atoms with Crippen LogP contribution in [0.4, 0.5) is 0 Å². The molecule has 1 fully saturated rings. The lowest BCUT2D eigenvalue weighted by molar-refractivity contribution is 0.0280. The minimum absolute atomic E-state index is 0.0653. The summed E-state index contributed by atoms with van der Waals surface area (Å²) in [6.07, 6.45) is 4.35. The highest BCUT2D eigenvalue weighted by Gasteiger charge is 2.38. The predicted octanol–water partition coefficient (Wildman–Crippen LogP) is 2.44. The molecule has 26 heavy (non-hydrogen) atoms. The summed E-state index contributed by atoms with van der Waals surface area (Å²) in [5.74, 6) is 0.0653. The molecule has 6 nitrogen and oxygen atoms in total. The molecule has 0 aliphatic heterocycles. The van der Waals surface area contributed by atoms with Crippen molar-refractivity contribution >= 4 is 10.0 Å². The van der Waals surface area contributed by atoms with E-state index in [4.69, 9.17) is 0 Å². The van der Waals surface area contributed by atoms with Gasteiger partial charge >= 0.3 is 0 Å². The van der Waals surface area contributed by atoms with Gasteiger partial charge in [0, 0.05) is 18.8 Å². The van der Waals surface area contributed by atoms with Crippen molar-refractivity contribution in [3.63, 3.8) is 0 Å². The first-order valence-electron chi connectivity index (χ1n) is 8.86. The number of benzene rings is 1. The molecule has 1 atom stereocenters. The Labute approximate surface area is 155 Å². The second kappa shape index (κ2) is 6.79. The van der Waals surface area contributed by atoms with Crippen molar-refractivity contribution in [1.82, 2.24) is 14.5 Å². The van der Waals surface area contributed by atoms with E-state index in [1.807, 2.05) is 47.0 Å². The number of aromatic nitrogens is 2. The van der Waals surface area contributed by atoms with Crippen LogP contribution in [0.3, 0.4) is 0 Å². The second-order valence-corrected chi connectivity index (χ2v) is 9.17. The molecule has 0 radical (unpaired) electrons. The van der Waals surface area contributed by atoms with Gasteiger partial charge in [-0.2, -0.15) is 5.10 Å². The Kier molecular flexibility index (Phi) is 4.98. The van der Waals surface area contributed by atoms with Crippen LogP contribution in [0, 0.1) is 33.6 Å². The lowest BCUT2D eigenvalue weighted by atomic mass is 9.76. The molecule has 0 amide bonds. The monoisotopic (exact) mass is 377 g/mol. The maximum Gasteiger partial charge on any atom is 0.241 e. The maximum absolute atomic E-state index is 13.3. The highest BCUT2D eigenvalue weighted by atomic mass is 32.2. The third-order valence-corrected chi connectivity index (χ3v) is 7.27. The van der Waals surface area contributed by atoms with Gasteiger partial charge in [0.1, 0.15) is 0 Å². The Morgan fingerprint density at radius 1 is 1.19 bits per heavy atom. The number of hydrogen-bond donors (Lipinski definition) is 2. The third kappa shape index (κ3) is 3.43. The van der Waals surface area contributed by atoms with Gasteiger partial charge in [-0.3, -0.25) is 4.68 Å². The first kappa shape index (κ1) is 19.1. The quantitative estimate of drug-likeness (QED) is 0.838. The van der Waals surface area contributed by atoms with Crippen LogP contribution in [-0.4, -0.2) is 29.4 Å². The summed E-state index contributed by atoms with van der Waals surface area (Å²) >= 11 is 0. The van der Waals surface area contributed by atoms with E-state index in [1.54, 1.807) is 10.9 Å². The Morgan fingerprint density at radius 3 is 2.23 bits per heavy atom. The zero-order valence-electron chi connectivity index (χ0n) is 15.9. The molecular weight excluding hydrogens is 350 g/mol. The Balaban J connectivity index is 2.01. The summed E-state index contributed by atoms with van der Waals surface area (Å²) in [5.41, 5.74) is 4.31. The number of hydrogen-bond acceptors (Lipinski definition) is 4. The van der Waals surface area contributed by atoms with E-state index < -0.39 is 16.1 Å². The van der Waals surface area contributed by atoms with Gasteiger partial charge in [-0.1, -0.05) is 6.07 Å². The number of nitrogens with one attached hydrogen (secondary N) is 1. The normalized spacial score (nSPS) is 21.5. The standard InChI is InChI=1S/C19H27N3O3S/c1-11-6-12(2)14(4)19(13(11)3)26(24,25)21-18(15-7-17(23)8-15)16-9-20-22(5)10-16/h6,9-10,15,17-18,21,23H,7-8H2,1-5H3. The molecule has 3 rings (SSSR count). The van der Waals surface area contributed by atoms with Crippen LogP contribution < -0.4 is 4.72 Å². The lowest BCUT2D eigenvalue weighted by Crippen LogP contribution is -2.41. The molecule has 1 saturated carbocycles. The van der Waals surface area contributed by atoms with Gasteiger partial charge in [-0.05, 0) is 68.7 Å². The molecule has 0 bridgehead atoms. The van der Waals surface area contributed by atoms with E-state index in [0.717, 1.165) is 27.8 Å². The molecule has 1 aliphatic rings. The highest BCUT2D eigenvalue weighted by Crippen LogP contribution is 2.39. The minimum atomic E-state index is -3.71. The van der Waals surface area contributed by atoms with Crippen molar-refractivity contribution in [2.75, 3.05) is 0 Å². The van der Waals surface area contributed by atoms with Gasteiger partial charge in [0.2, 0.25) is 10.0 Å². The van der Waals surface area contributed by atoms with Gasteiger partial charge in [0.15, 0.2) is 0 Å². The molecule has 1 heterocycles. The predicted molar refractivity (Wildman–Crippen MR) is 100 cm³/mol. The van der Waals surface area contributed by atoms with Crippen molar-refractivity contribution in [2.24, 2.45) is 13.0 Å². The molecule has 1 aliphatic carbocycles. The first-order valence-corrected chi connectivity index (χ1v) is 10.3. The molecule has 2 aromatic rings. The lowest BCUT2D eigenvalue weighted by Gasteiger charge is -2.37. The number of aliphatic hydroxyl groups excluding tert-OH is 1. The average Bonchev–Trinajstić information content (AvgIpc) is 2.94. The van der Waals surface area contributed by atoms with Gasteiger partial charge < -0.3 is 5.11 Å². The first-order chi connectivity index (χ1) is 12.1. The van der Waals surface area contributed by atoms with Gasteiger partial charge in [-0.15, -0.1) is 0 Å². The topological polar surface area (TPSA) is 84.2 Å². The third-order valence-electron chi connectivity index (χ3n) is 5.55. The van der Waals surface area contributed by atoms with E-state index in [2.05, 4.69) is 9.82 Å². The number of nitrogens with zero attached hydrogens (tertiary/aromatic N) is 2. The number of rotatable bonds is 5. The van der Waals surface area contributed by atoms with E-state index in [-0.39, 0.29) is 12.0 Å². The van der Waals surface area contributed by atoms with Gasteiger partial charge in [-0.25, -0.2) is 13.1 Å². The highest BCUT2D eigenvalue weighted by molar-refractivity contribution is 7.89. The van der Waals surface area contributed by atoms with E-state index in [9.17, 15) is 13.5 Å². The summed E-state index contributed by atoms with van der Waals surface area (Å²) < 4.78 is 31.2.